The third kappa shape index (κ3) is 9.88. The van der Waals surface area contributed by atoms with Crippen LogP contribution in [0.5, 0.6) is 0 Å². The zero-order chi connectivity index (χ0) is 29.0. The fraction of sp³-hybridized carbons (Fsp3) is 0.700. The molecule has 0 aliphatic carbocycles. The molecule has 19 heteroatoms. The number of fused-ring (bicyclic) bond motifs is 1. The van der Waals surface area contributed by atoms with Gasteiger partial charge in [-0.05, 0) is 52.0 Å². The Balaban J connectivity index is 1.98. The van der Waals surface area contributed by atoms with Crippen LogP contribution >= 0.6 is 23.3 Å². The van der Waals surface area contributed by atoms with Gasteiger partial charge in [-0.15, -0.1) is 31.6 Å². The normalized spacial score (nSPS) is 17.4. The first-order valence-corrected chi connectivity index (χ1v) is 15.1. The number of hydrogen-bond acceptors (Lipinski definition) is 14. The first-order valence-electron chi connectivity index (χ1n) is 11.9. The summed E-state index contributed by atoms with van der Waals surface area (Å²) in [7, 11) is -3.65. The predicted octanol–water partition coefficient (Wildman–Crippen LogP) is 3.52. The first-order chi connectivity index (χ1) is 18.5. The molecule has 0 spiro atoms. The lowest BCUT2D eigenvalue weighted by molar-refractivity contribution is -0.757. The number of carbonyl (C=O) groups is 2. The van der Waals surface area contributed by atoms with E-state index in [0.717, 1.165) is 23.3 Å². The second-order valence-electron chi connectivity index (χ2n) is 8.18. The highest BCUT2D eigenvalue weighted by Gasteiger charge is 2.42. The maximum Gasteiger partial charge on any atom is 0.417 e. The van der Waals surface area contributed by atoms with Crippen LogP contribution in [-0.2, 0) is 29.0 Å². The van der Waals surface area contributed by atoms with Gasteiger partial charge in [-0.25, -0.2) is 18.0 Å². The molecule has 1 aliphatic heterocycles. The number of ether oxygens (including phenoxy) is 2. The van der Waals surface area contributed by atoms with Crippen LogP contribution in [0.25, 0.3) is 0 Å². The van der Waals surface area contributed by atoms with Gasteiger partial charge in [-0.1, -0.05) is 0 Å². The quantitative estimate of drug-likeness (QED) is 0.122. The molecule has 2 amide bonds. The van der Waals surface area contributed by atoms with Crippen molar-refractivity contribution in [2.75, 3.05) is 33.0 Å². The van der Waals surface area contributed by atoms with Crippen molar-refractivity contribution in [3.05, 3.63) is 31.9 Å². The van der Waals surface area contributed by atoms with Gasteiger partial charge in [0.1, 0.15) is 4.21 Å². The molecule has 0 saturated carbocycles. The maximum absolute atomic E-state index is 13.0. The number of amides is 2. The van der Waals surface area contributed by atoms with E-state index in [2.05, 4.69) is 14.4 Å². The minimum absolute atomic E-state index is 0.0126. The van der Waals surface area contributed by atoms with Crippen LogP contribution in [0.4, 0.5) is 9.59 Å². The summed E-state index contributed by atoms with van der Waals surface area (Å²) >= 11 is 1.85. The van der Waals surface area contributed by atoms with Crippen molar-refractivity contribution in [2.45, 2.75) is 65.7 Å². The summed E-state index contributed by atoms with van der Waals surface area (Å²) in [5, 5.41) is 17.7. The number of unbranched alkanes of at least 4 members (excludes halogenated alkanes) is 2. The zero-order valence-corrected chi connectivity index (χ0v) is 23.7. The number of carbonyl (C=O) groups excluding carboxylic acids is 2. The van der Waals surface area contributed by atoms with E-state index in [1.54, 1.807) is 19.9 Å². The van der Waals surface area contributed by atoms with Crippen LogP contribution < -0.4 is 4.72 Å². The summed E-state index contributed by atoms with van der Waals surface area (Å²) in [5.74, 6) is 0. The van der Waals surface area contributed by atoms with Crippen molar-refractivity contribution < 1.29 is 47.3 Å². The number of sulfone groups is 1. The van der Waals surface area contributed by atoms with Crippen molar-refractivity contribution >= 4 is 45.3 Å². The van der Waals surface area contributed by atoms with Crippen molar-refractivity contribution in [2.24, 2.45) is 0 Å². The lowest BCUT2D eigenvalue weighted by Gasteiger charge is -2.35. The predicted molar refractivity (Wildman–Crippen MR) is 137 cm³/mol. The Morgan fingerprint density at radius 1 is 1.08 bits per heavy atom. The van der Waals surface area contributed by atoms with E-state index < -0.39 is 43.5 Å². The molecule has 0 fully saturated rings. The fourth-order valence-corrected chi connectivity index (χ4v) is 7.97. The molecule has 2 unspecified atom stereocenters. The molecule has 1 aliphatic rings. The highest BCUT2D eigenvalue weighted by atomic mass is 32.2. The van der Waals surface area contributed by atoms with Crippen molar-refractivity contribution in [3.63, 3.8) is 0 Å². The smallest absolute Gasteiger partial charge is 0.417 e. The van der Waals surface area contributed by atoms with Crippen LogP contribution in [0, 0.1) is 20.2 Å². The Labute approximate surface area is 232 Å². The second kappa shape index (κ2) is 15.5. The molecule has 220 valence electrons. The lowest BCUT2D eigenvalue weighted by atomic mass is 10.0. The van der Waals surface area contributed by atoms with Crippen LogP contribution in [-0.4, -0.2) is 73.9 Å². The standard InChI is InChI=1S/C20H30N4O12S3/c1-3-22(20(26)34-9-5-7-11-36-24(29)30)16-12-14(2)39(31,32)18-15(16)13-17(37-18)38-21-19(25)33-8-4-6-10-35-23(27)28/h13-14,16H,3-12H2,1-2H3,(H,21,25). The SMILES string of the molecule is CCN(C(=O)OCCCCO[N+](=O)[O-])C1CC(C)S(=O)(=O)c2sc(SNC(=O)OCCCCO[N+](=O)[O-])cc21. The van der Waals surface area contributed by atoms with Gasteiger partial charge in [-0.3, -0.25) is 4.72 Å². The van der Waals surface area contributed by atoms with E-state index in [4.69, 9.17) is 9.47 Å². The summed E-state index contributed by atoms with van der Waals surface area (Å²) in [6.45, 7) is 3.36. The monoisotopic (exact) mass is 614 g/mol. The molecule has 2 heterocycles. The third-order valence-electron chi connectivity index (χ3n) is 5.52. The molecule has 39 heavy (non-hydrogen) atoms. The molecule has 2 rings (SSSR count). The Morgan fingerprint density at radius 2 is 1.64 bits per heavy atom. The molecule has 0 aromatic carbocycles. The molecular weight excluding hydrogens is 584 g/mol. The Kier molecular flexibility index (Phi) is 12.8. The van der Waals surface area contributed by atoms with Gasteiger partial charge < -0.3 is 24.0 Å². The van der Waals surface area contributed by atoms with E-state index in [-0.39, 0.29) is 43.6 Å². The first kappa shape index (κ1) is 32.2. The number of hydrogen-bond donors (Lipinski definition) is 1. The fourth-order valence-electron chi connectivity index (χ4n) is 3.61. The minimum Gasteiger partial charge on any atom is -0.449 e. The number of thiophene rings is 1. The third-order valence-corrected chi connectivity index (χ3v) is 10.3. The average molecular weight is 615 g/mol. The average Bonchev–Trinajstić information content (AvgIpc) is 3.31. The van der Waals surface area contributed by atoms with E-state index in [1.807, 2.05) is 0 Å². The van der Waals surface area contributed by atoms with E-state index in [1.165, 1.54) is 4.90 Å². The van der Waals surface area contributed by atoms with Crippen LogP contribution in [0.2, 0.25) is 0 Å². The number of nitrogens with zero attached hydrogens (tertiary/aromatic N) is 3. The summed E-state index contributed by atoms with van der Waals surface area (Å²) in [5.41, 5.74) is 0.430. The highest BCUT2D eigenvalue weighted by Crippen LogP contribution is 2.46. The Morgan fingerprint density at radius 3 is 2.21 bits per heavy atom. The maximum atomic E-state index is 13.0. The topological polar surface area (TPSA) is 207 Å². The molecular formula is C20H30N4O12S3. The molecule has 16 nitrogen and oxygen atoms in total. The number of rotatable bonds is 16. The van der Waals surface area contributed by atoms with Gasteiger partial charge in [0, 0.05) is 24.1 Å². The Bertz CT molecular complexity index is 1110. The molecule has 1 N–H and O–H groups in total. The Hall–Kier alpha value is -3.06. The molecule has 0 radical (unpaired) electrons. The zero-order valence-electron chi connectivity index (χ0n) is 21.3. The summed E-state index contributed by atoms with van der Waals surface area (Å²) < 4.78 is 39.4. The van der Waals surface area contributed by atoms with Crippen molar-refractivity contribution in [3.8, 4) is 0 Å². The largest absolute Gasteiger partial charge is 0.449 e. The van der Waals surface area contributed by atoms with Gasteiger partial charge in [0.25, 0.3) is 10.2 Å². The van der Waals surface area contributed by atoms with Gasteiger partial charge >= 0.3 is 12.2 Å². The number of nitrogens with one attached hydrogen (secondary N) is 1. The lowest BCUT2D eigenvalue weighted by Crippen LogP contribution is -2.40. The molecule has 2 atom stereocenters. The van der Waals surface area contributed by atoms with Gasteiger partial charge in [-0.2, -0.15) is 0 Å². The molecule has 1 aromatic rings. The minimum atomic E-state index is -3.65. The summed E-state index contributed by atoms with van der Waals surface area (Å²) in [4.78, 5) is 54.9. The van der Waals surface area contributed by atoms with E-state index in [9.17, 15) is 38.2 Å². The molecule has 0 saturated heterocycles. The van der Waals surface area contributed by atoms with Crippen molar-refractivity contribution in [1.29, 1.82) is 0 Å². The summed E-state index contributed by atoms with van der Waals surface area (Å²) in [6, 6.07) is 1.03. The van der Waals surface area contributed by atoms with Crippen LogP contribution in [0.3, 0.4) is 0 Å². The highest BCUT2D eigenvalue weighted by molar-refractivity contribution is 8.00. The van der Waals surface area contributed by atoms with Gasteiger partial charge in [0.05, 0.1) is 41.9 Å². The molecule has 0 bridgehead atoms. The van der Waals surface area contributed by atoms with Crippen LogP contribution in [0.15, 0.2) is 14.5 Å². The van der Waals surface area contributed by atoms with Gasteiger partial charge in [0.2, 0.25) is 0 Å². The van der Waals surface area contributed by atoms with Crippen LogP contribution in [0.1, 0.15) is 57.6 Å². The molecule has 1 aromatic heterocycles. The summed E-state index contributed by atoms with van der Waals surface area (Å²) in [6.07, 6.45) is 0.101. The van der Waals surface area contributed by atoms with Gasteiger partial charge in [0.15, 0.2) is 9.84 Å². The van der Waals surface area contributed by atoms with E-state index >= 15 is 0 Å². The van der Waals surface area contributed by atoms with Crippen molar-refractivity contribution in [1.82, 2.24) is 9.62 Å². The van der Waals surface area contributed by atoms with E-state index in [0.29, 0.717) is 35.5 Å². The second-order valence-corrected chi connectivity index (χ2v) is 12.9.